The third-order valence-electron chi connectivity index (χ3n) is 2.47. The van der Waals surface area contributed by atoms with Gasteiger partial charge < -0.3 is 4.74 Å². The predicted octanol–water partition coefficient (Wildman–Crippen LogP) is 1.61. The Bertz CT molecular complexity index is 608. The molecule has 122 valence electrons. The number of halogens is 6. The molecule has 0 saturated heterocycles. The van der Waals surface area contributed by atoms with Crippen LogP contribution in [0.3, 0.4) is 0 Å². The van der Waals surface area contributed by atoms with Crippen LogP contribution >= 0.6 is 0 Å². The van der Waals surface area contributed by atoms with Gasteiger partial charge in [0.1, 0.15) is 19.3 Å². The van der Waals surface area contributed by atoms with Crippen molar-refractivity contribution in [3.05, 3.63) is 24.3 Å². The van der Waals surface area contributed by atoms with Crippen molar-refractivity contribution in [3.8, 4) is 5.75 Å². The van der Waals surface area contributed by atoms with Gasteiger partial charge in [0.15, 0.2) is 0 Å². The Hall–Kier alpha value is -1.43. The normalized spacial score (nSPS) is 14.0. The summed E-state index contributed by atoms with van der Waals surface area (Å²) in [4.78, 5) is 0. The minimum atomic E-state index is -6.16. The zero-order valence-electron chi connectivity index (χ0n) is 10.4. The molecule has 1 rings (SSSR count). The van der Waals surface area contributed by atoms with Crippen LogP contribution in [0.15, 0.2) is 24.3 Å². The maximum Gasteiger partial charge on any atom is 0.438 e. The van der Waals surface area contributed by atoms with Crippen molar-refractivity contribution in [1.82, 2.24) is 0 Å². The lowest BCUT2D eigenvalue weighted by molar-refractivity contribution is -0.348. The lowest BCUT2D eigenvalue weighted by Gasteiger charge is -2.36. The number of ether oxygens (including phenoxy) is 1. The van der Waals surface area contributed by atoms with Crippen LogP contribution in [0.5, 0.6) is 5.75 Å². The SMILES string of the molecule is [B]c1ccc(OC(CS(=O)(=O)O)(C(F)(F)F)C(F)(F)F)cc1. The molecular formula is C10H7BF6O4S. The molecule has 0 aliphatic rings. The molecule has 1 aromatic rings. The Morgan fingerprint density at radius 3 is 1.73 bits per heavy atom. The standard InChI is InChI=1S/C10H7BF6O4S/c11-6-1-3-7(4-2-6)21-8(9(12,13)14,10(15,16)17)5-22(18,19)20/h1-4H,5H2,(H,18,19,20). The summed E-state index contributed by atoms with van der Waals surface area (Å²) in [6, 6.07) is 3.32. The minimum absolute atomic E-state index is 0.0340. The van der Waals surface area contributed by atoms with Crippen LogP contribution in [-0.4, -0.2) is 44.5 Å². The Morgan fingerprint density at radius 1 is 1.00 bits per heavy atom. The Labute approximate surface area is 122 Å². The number of hydrogen-bond acceptors (Lipinski definition) is 3. The highest BCUT2D eigenvalue weighted by atomic mass is 32.2. The largest absolute Gasteiger partial charge is 0.468 e. The van der Waals surface area contributed by atoms with Crippen molar-refractivity contribution < 1.29 is 44.0 Å². The maximum atomic E-state index is 12.9. The van der Waals surface area contributed by atoms with E-state index < -0.39 is 39.6 Å². The first-order valence-electron chi connectivity index (χ1n) is 5.31. The van der Waals surface area contributed by atoms with E-state index in [4.69, 9.17) is 12.4 Å². The van der Waals surface area contributed by atoms with Gasteiger partial charge in [-0.05, 0) is 12.1 Å². The second-order valence-electron chi connectivity index (χ2n) is 4.22. The van der Waals surface area contributed by atoms with Crippen LogP contribution in [0.1, 0.15) is 0 Å². The molecule has 0 amide bonds. The van der Waals surface area contributed by atoms with Gasteiger partial charge in [-0.15, -0.1) is 0 Å². The second kappa shape index (κ2) is 5.65. The third-order valence-corrected chi connectivity index (χ3v) is 3.24. The quantitative estimate of drug-likeness (QED) is 0.510. The highest BCUT2D eigenvalue weighted by Gasteiger charge is 2.75. The molecule has 22 heavy (non-hydrogen) atoms. The summed E-state index contributed by atoms with van der Waals surface area (Å²) < 4.78 is 111. The van der Waals surface area contributed by atoms with Crippen LogP contribution in [0.2, 0.25) is 0 Å². The van der Waals surface area contributed by atoms with Gasteiger partial charge in [-0.2, -0.15) is 34.8 Å². The van der Waals surface area contributed by atoms with Crippen LogP contribution in [0.25, 0.3) is 0 Å². The first-order valence-corrected chi connectivity index (χ1v) is 6.92. The monoisotopic (exact) mass is 348 g/mol. The van der Waals surface area contributed by atoms with E-state index in [2.05, 4.69) is 4.74 Å². The van der Waals surface area contributed by atoms with Gasteiger partial charge in [-0.3, -0.25) is 4.55 Å². The van der Waals surface area contributed by atoms with E-state index in [1.54, 1.807) is 0 Å². The van der Waals surface area contributed by atoms with Crippen molar-refractivity contribution in [1.29, 1.82) is 0 Å². The molecular weight excluding hydrogens is 341 g/mol. The van der Waals surface area contributed by atoms with E-state index in [-0.39, 0.29) is 5.46 Å². The maximum absolute atomic E-state index is 12.9. The summed E-state index contributed by atoms with van der Waals surface area (Å²) in [6.45, 7) is 0. The van der Waals surface area contributed by atoms with Crippen LogP contribution in [0.4, 0.5) is 26.3 Å². The van der Waals surface area contributed by atoms with Crippen molar-refractivity contribution >= 4 is 23.4 Å². The summed E-state index contributed by atoms with van der Waals surface area (Å²) in [7, 11) is -0.438. The van der Waals surface area contributed by atoms with Crippen molar-refractivity contribution in [3.63, 3.8) is 0 Å². The topological polar surface area (TPSA) is 63.6 Å². The molecule has 0 spiro atoms. The van der Waals surface area contributed by atoms with Crippen molar-refractivity contribution in [2.45, 2.75) is 18.0 Å². The van der Waals surface area contributed by atoms with Gasteiger partial charge >= 0.3 is 18.0 Å². The van der Waals surface area contributed by atoms with E-state index in [0.717, 1.165) is 12.1 Å². The molecule has 0 saturated carbocycles. The molecule has 4 nitrogen and oxygen atoms in total. The molecule has 0 aliphatic heterocycles. The molecule has 0 heterocycles. The molecule has 1 aromatic carbocycles. The predicted molar refractivity (Wildman–Crippen MR) is 63.7 cm³/mol. The van der Waals surface area contributed by atoms with E-state index in [1.807, 2.05) is 0 Å². The number of rotatable bonds is 4. The van der Waals surface area contributed by atoms with E-state index in [9.17, 15) is 34.8 Å². The van der Waals surface area contributed by atoms with Gasteiger partial charge in [0.25, 0.3) is 10.1 Å². The van der Waals surface area contributed by atoms with Gasteiger partial charge in [0.05, 0.1) is 0 Å². The summed E-state index contributed by atoms with van der Waals surface area (Å²) in [5.41, 5.74) is -5.09. The first-order chi connectivity index (χ1) is 9.68. The fraction of sp³-hybridized carbons (Fsp3) is 0.400. The van der Waals surface area contributed by atoms with Crippen molar-refractivity contribution in [2.24, 2.45) is 0 Å². The van der Waals surface area contributed by atoms with E-state index in [1.165, 1.54) is 0 Å². The summed E-state index contributed by atoms with van der Waals surface area (Å²) in [5, 5.41) is 0. The molecule has 2 radical (unpaired) electrons. The average Bonchev–Trinajstić information content (AvgIpc) is 2.26. The summed E-state index contributed by atoms with van der Waals surface area (Å²) in [5.74, 6) is -3.66. The summed E-state index contributed by atoms with van der Waals surface area (Å²) >= 11 is 0. The molecule has 0 bridgehead atoms. The minimum Gasteiger partial charge on any atom is -0.468 e. The highest BCUT2D eigenvalue weighted by Crippen LogP contribution is 2.46. The van der Waals surface area contributed by atoms with Crippen molar-refractivity contribution in [2.75, 3.05) is 5.75 Å². The van der Waals surface area contributed by atoms with Gasteiger partial charge in [-0.25, -0.2) is 0 Å². The fourth-order valence-corrected chi connectivity index (χ4v) is 2.36. The molecule has 1 N–H and O–H groups in total. The lowest BCUT2D eigenvalue weighted by Crippen LogP contribution is -2.64. The van der Waals surface area contributed by atoms with Gasteiger partial charge in [0.2, 0.25) is 0 Å². The molecule has 12 heteroatoms. The second-order valence-corrected chi connectivity index (χ2v) is 5.67. The molecule has 0 aliphatic carbocycles. The molecule has 0 atom stereocenters. The molecule has 0 aromatic heterocycles. The zero-order chi connectivity index (χ0) is 17.4. The van der Waals surface area contributed by atoms with Crippen LogP contribution < -0.4 is 10.2 Å². The van der Waals surface area contributed by atoms with E-state index in [0.29, 0.717) is 12.1 Å². The fourth-order valence-electron chi connectivity index (χ4n) is 1.46. The van der Waals surface area contributed by atoms with Crippen LogP contribution in [-0.2, 0) is 10.1 Å². The number of hydrogen-bond donors (Lipinski definition) is 1. The van der Waals surface area contributed by atoms with Gasteiger partial charge in [-0.1, -0.05) is 17.6 Å². The average molecular weight is 348 g/mol. The van der Waals surface area contributed by atoms with Crippen LogP contribution in [0, 0.1) is 0 Å². The Kier molecular flexibility index (Phi) is 4.78. The molecule has 0 fully saturated rings. The Morgan fingerprint density at radius 2 is 1.41 bits per heavy atom. The number of benzene rings is 1. The lowest BCUT2D eigenvalue weighted by atomic mass is 9.96. The number of alkyl halides is 6. The molecule has 0 unspecified atom stereocenters. The first kappa shape index (κ1) is 18.6. The smallest absolute Gasteiger partial charge is 0.438 e. The summed E-state index contributed by atoms with van der Waals surface area (Å²) in [6.07, 6.45) is -12.3. The zero-order valence-corrected chi connectivity index (χ0v) is 11.3. The Balaban J connectivity index is 3.45. The third kappa shape index (κ3) is 4.06. The van der Waals surface area contributed by atoms with E-state index >= 15 is 0 Å². The van der Waals surface area contributed by atoms with Gasteiger partial charge in [0, 0.05) is 0 Å². The highest BCUT2D eigenvalue weighted by molar-refractivity contribution is 7.85.